The van der Waals surface area contributed by atoms with E-state index in [0.717, 1.165) is 29.0 Å². The number of halogens is 1. The zero-order chi connectivity index (χ0) is 16.1. The summed E-state index contributed by atoms with van der Waals surface area (Å²) >= 11 is 6.10. The van der Waals surface area contributed by atoms with Gasteiger partial charge in [0.05, 0.1) is 0 Å². The lowest BCUT2D eigenvalue weighted by molar-refractivity contribution is -0.135. The van der Waals surface area contributed by atoms with E-state index in [4.69, 9.17) is 11.6 Å². The number of likely N-dealkylation sites (tertiary alicyclic amines) is 1. The zero-order valence-electron chi connectivity index (χ0n) is 13.2. The number of benzene rings is 1. The summed E-state index contributed by atoms with van der Waals surface area (Å²) in [7, 11) is 1.66. The van der Waals surface area contributed by atoms with E-state index < -0.39 is 0 Å². The van der Waals surface area contributed by atoms with Crippen molar-refractivity contribution in [1.82, 2.24) is 10.2 Å². The highest BCUT2D eigenvalue weighted by Crippen LogP contribution is 2.20. The second kappa shape index (κ2) is 7.63. The van der Waals surface area contributed by atoms with Gasteiger partial charge in [0.25, 0.3) is 0 Å². The number of piperidine rings is 1. The minimum absolute atomic E-state index is 0.0463. The second-order valence-electron chi connectivity index (χ2n) is 5.85. The van der Waals surface area contributed by atoms with Crippen LogP contribution < -0.4 is 5.32 Å². The van der Waals surface area contributed by atoms with Gasteiger partial charge >= 0.3 is 0 Å². The van der Waals surface area contributed by atoms with Crippen molar-refractivity contribution in [3.63, 3.8) is 0 Å². The number of hydrogen-bond acceptors (Lipinski definition) is 2. The van der Waals surface area contributed by atoms with Crippen molar-refractivity contribution in [2.75, 3.05) is 20.1 Å². The van der Waals surface area contributed by atoms with Crippen molar-refractivity contribution in [1.29, 1.82) is 0 Å². The van der Waals surface area contributed by atoms with Crippen molar-refractivity contribution >= 4 is 23.4 Å². The molecule has 0 bridgehead atoms. The molecule has 0 radical (unpaired) electrons. The largest absolute Gasteiger partial charge is 0.359 e. The van der Waals surface area contributed by atoms with Crippen LogP contribution in [0.3, 0.4) is 0 Å². The lowest BCUT2D eigenvalue weighted by Crippen LogP contribution is -2.42. The molecule has 22 heavy (non-hydrogen) atoms. The fourth-order valence-electron chi connectivity index (χ4n) is 2.80. The zero-order valence-corrected chi connectivity index (χ0v) is 13.9. The predicted octanol–water partition coefficient (Wildman–Crippen LogP) is 2.57. The second-order valence-corrected chi connectivity index (χ2v) is 6.26. The fraction of sp³-hybridized carbons (Fsp3) is 0.529. The van der Waals surface area contributed by atoms with E-state index in [1.807, 2.05) is 30.0 Å². The number of carbonyl (C=O) groups is 2. The molecule has 1 aromatic carbocycles. The molecular weight excluding hydrogens is 300 g/mol. The van der Waals surface area contributed by atoms with Crippen LogP contribution in [0.5, 0.6) is 0 Å². The minimum atomic E-state index is 0.0463. The lowest BCUT2D eigenvalue weighted by atomic mass is 9.95. The van der Waals surface area contributed by atoms with Gasteiger partial charge in [0.15, 0.2) is 0 Å². The molecule has 2 rings (SSSR count). The maximum absolute atomic E-state index is 12.3. The predicted molar refractivity (Wildman–Crippen MR) is 87.9 cm³/mol. The Labute approximate surface area is 136 Å². The first-order chi connectivity index (χ1) is 10.5. The van der Waals surface area contributed by atoms with Gasteiger partial charge in [0.1, 0.15) is 0 Å². The van der Waals surface area contributed by atoms with E-state index >= 15 is 0 Å². The summed E-state index contributed by atoms with van der Waals surface area (Å²) in [6.07, 6.45) is 2.70. The summed E-state index contributed by atoms with van der Waals surface area (Å²) < 4.78 is 0. The van der Waals surface area contributed by atoms with Crippen molar-refractivity contribution in [3.05, 3.63) is 34.3 Å². The number of nitrogens with zero attached hydrogens (tertiary/aromatic N) is 1. The topological polar surface area (TPSA) is 49.4 Å². The molecule has 1 fully saturated rings. The summed E-state index contributed by atoms with van der Waals surface area (Å²) in [5, 5.41) is 3.43. The van der Waals surface area contributed by atoms with E-state index in [9.17, 15) is 9.59 Å². The van der Waals surface area contributed by atoms with Crippen LogP contribution in [-0.2, 0) is 16.0 Å². The van der Waals surface area contributed by atoms with Crippen molar-refractivity contribution in [3.8, 4) is 0 Å². The first kappa shape index (κ1) is 16.8. The first-order valence-corrected chi connectivity index (χ1v) is 8.13. The Bertz CT molecular complexity index is 552. The average molecular weight is 323 g/mol. The van der Waals surface area contributed by atoms with E-state index in [1.54, 1.807) is 7.05 Å². The van der Waals surface area contributed by atoms with Gasteiger partial charge in [-0.2, -0.15) is 0 Å². The monoisotopic (exact) mass is 322 g/mol. The highest BCUT2D eigenvalue weighted by atomic mass is 35.5. The molecule has 5 heteroatoms. The number of aryl methyl sites for hydroxylation is 2. The highest BCUT2D eigenvalue weighted by molar-refractivity contribution is 6.31. The van der Waals surface area contributed by atoms with Crippen LogP contribution in [0.4, 0.5) is 0 Å². The number of nitrogens with one attached hydrogen (secondary N) is 1. The molecule has 1 aromatic rings. The summed E-state index contributed by atoms with van der Waals surface area (Å²) in [5.41, 5.74) is 2.14. The molecule has 2 amide bonds. The van der Waals surface area contributed by atoms with E-state index in [-0.39, 0.29) is 17.7 Å². The quantitative estimate of drug-likeness (QED) is 0.926. The maximum Gasteiger partial charge on any atom is 0.222 e. The number of carbonyl (C=O) groups excluding carboxylic acids is 2. The minimum Gasteiger partial charge on any atom is -0.359 e. The summed E-state index contributed by atoms with van der Waals surface area (Å²) in [6, 6.07) is 5.94. The van der Waals surface area contributed by atoms with Crippen molar-refractivity contribution < 1.29 is 9.59 Å². The molecule has 0 aliphatic carbocycles. The maximum atomic E-state index is 12.3. The number of rotatable bonds is 4. The Morgan fingerprint density at radius 3 is 2.59 bits per heavy atom. The van der Waals surface area contributed by atoms with Gasteiger partial charge in [-0.05, 0) is 43.4 Å². The number of amides is 2. The normalized spacial score (nSPS) is 15.7. The standard InChI is InChI=1S/C17H23ClN2O2/c1-12-3-4-13(11-15(12)18)5-6-16(21)20-9-7-14(8-10-20)17(22)19-2/h3-4,11,14H,5-10H2,1-2H3,(H,19,22). The third-order valence-corrected chi connectivity index (χ3v) is 4.74. The Morgan fingerprint density at radius 2 is 2.00 bits per heavy atom. The van der Waals surface area contributed by atoms with Gasteiger partial charge in [-0.15, -0.1) is 0 Å². The van der Waals surface area contributed by atoms with E-state index in [0.29, 0.717) is 25.9 Å². The molecule has 0 saturated carbocycles. The molecule has 0 aromatic heterocycles. The third kappa shape index (κ3) is 4.23. The van der Waals surface area contributed by atoms with E-state index in [2.05, 4.69) is 5.32 Å². The summed E-state index contributed by atoms with van der Waals surface area (Å²) in [6.45, 7) is 3.31. The molecule has 120 valence electrons. The molecule has 1 N–H and O–H groups in total. The molecule has 0 unspecified atom stereocenters. The summed E-state index contributed by atoms with van der Waals surface area (Å²) in [4.78, 5) is 25.7. The van der Waals surface area contributed by atoms with Crippen LogP contribution in [0.15, 0.2) is 18.2 Å². The van der Waals surface area contributed by atoms with Gasteiger partial charge in [-0.1, -0.05) is 23.7 Å². The number of hydrogen-bond donors (Lipinski definition) is 1. The van der Waals surface area contributed by atoms with Crippen LogP contribution in [0, 0.1) is 12.8 Å². The molecule has 0 spiro atoms. The van der Waals surface area contributed by atoms with Crippen LogP contribution in [-0.4, -0.2) is 36.9 Å². The Balaban J connectivity index is 1.81. The third-order valence-electron chi connectivity index (χ3n) is 4.33. The van der Waals surface area contributed by atoms with Crippen molar-refractivity contribution in [2.45, 2.75) is 32.6 Å². The van der Waals surface area contributed by atoms with Gasteiger partial charge in [-0.25, -0.2) is 0 Å². The lowest BCUT2D eigenvalue weighted by Gasteiger charge is -2.31. The molecule has 1 aliphatic rings. The average Bonchev–Trinajstić information content (AvgIpc) is 2.55. The Kier molecular flexibility index (Phi) is 5.83. The first-order valence-electron chi connectivity index (χ1n) is 7.75. The molecular formula is C17H23ClN2O2. The highest BCUT2D eigenvalue weighted by Gasteiger charge is 2.26. The Morgan fingerprint density at radius 1 is 1.32 bits per heavy atom. The molecule has 1 heterocycles. The van der Waals surface area contributed by atoms with Crippen LogP contribution in [0.2, 0.25) is 5.02 Å². The fourth-order valence-corrected chi connectivity index (χ4v) is 3.00. The molecule has 0 atom stereocenters. The van der Waals surface area contributed by atoms with Gasteiger partial charge in [0, 0.05) is 37.5 Å². The molecule has 1 saturated heterocycles. The summed E-state index contributed by atoms with van der Waals surface area (Å²) in [5.74, 6) is 0.290. The van der Waals surface area contributed by atoms with Crippen LogP contribution in [0.25, 0.3) is 0 Å². The molecule has 1 aliphatic heterocycles. The van der Waals surface area contributed by atoms with Crippen molar-refractivity contribution in [2.24, 2.45) is 5.92 Å². The van der Waals surface area contributed by atoms with Gasteiger partial charge in [0.2, 0.25) is 11.8 Å². The Hall–Kier alpha value is -1.55. The van der Waals surface area contributed by atoms with Crippen LogP contribution in [0.1, 0.15) is 30.4 Å². The van der Waals surface area contributed by atoms with E-state index in [1.165, 1.54) is 0 Å². The smallest absolute Gasteiger partial charge is 0.222 e. The van der Waals surface area contributed by atoms with Gasteiger partial charge in [-0.3, -0.25) is 9.59 Å². The van der Waals surface area contributed by atoms with Gasteiger partial charge < -0.3 is 10.2 Å². The SMILES string of the molecule is CNC(=O)C1CCN(C(=O)CCc2ccc(C)c(Cl)c2)CC1. The molecule has 4 nitrogen and oxygen atoms in total. The van der Waals surface area contributed by atoms with Crippen LogP contribution >= 0.6 is 11.6 Å².